The molecule has 234 valence electrons. The Labute approximate surface area is 256 Å². The molecule has 0 bridgehead atoms. The van der Waals surface area contributed by atoms with E-state index in [1.165, 1.54) is 53.4 Å². The topological polar surface area (TPSA) is 80.8 Å². The number of Topliss-reactive ketones (excluding diaryl/α,β-unsaturated/α-hetero) is 1. The quantitative estimate of drug-likeness (QED) is 0.373. The van der Waals surface area contributed by atoms with Gasteiger partial charge < -0.3 is 24.3 Å². The minimum Gasteiger partial charge on any atom is -0.372 e. The Morgan fingerprint density at radius 3 is 2.51 bits per heavy atom. The van der Waals surface area contributed by atoms with Crippen LogP contribution in [0.25, 0.3) is 10.9 Å². The normalized spacial score (nSPS) is 40.8. The van der Waals surface area contributed by atoms with E-state index in [1.807, 2.05) is 0 Å². The maximum Gasteiger partial charge on any atom is 0.169 e. The first-order chi connectivity index (χ1) is 20.3. The van der Waals surface area contributed by atoms with Crippen molar-refractivity contribution in [2.45, 2.75) is 135 Å². The molecule has 2 saturated carbocycles. The molecule has 2 aromatic rings. The van der Waals surface area contributed by atoms with Crippen LogP contribution in [-0.2, 0) is 27.1 Å². The lowest BCUT2D eigenvalue weighted by Gasteiger charge is -2.59. The fourth-order valence-electron chi connectivity index (χ4n) is 12.0. The van der Waals surface area contributed by atoms with Gasteiger partial charge in [0, 0.05) is 34.0 Å². The molecule has 6 aliphatic rings. The van der Waals surface area contributed by atoms with Crippen LogP contribution >= 0.6 is 0 Å². The maximum absolute atomic E-state index is 14.1. The fourth-order valence-corrected chi connectivity index (χ4v) is 12.0. The van der Waals surface area contributed by atoms with E-state index in [4.69, 9.17) is 14.2 Å². The number of hydrogen-bond donors (Lipinski definition) is 2. The summed E-state index contributed by atoms with van der Waals surface area (Å²) in [6.07, 6.45) is 9.37. The number of aromatic amines is 1. The number of hydrogen-bond acceptors (Lipinski definition) is 5. The van der Waals surface area contributed by atoms with Crippen LogP contribution in [0, 0.1) is 35.0 Å². The van der Waals surface area contributed by atoms with Gasteiger partial charge in [0.15, 0.2) is 5.78 Å². The number of nitrogens with one attached hydrogen (secondary N) is 1. The van der Waals surface area contributed by atoms with Gasteiger partial charge in [-0.15, -0.1) is 0 Å². The van der Waals surface area contributed by atoms with Crippen molar-refractivity contribution in [3.63, 3.8) is 0 Å². The number of aliphatic hydroxyl groups is 1. The third-order valence-electron chi connectivity index (χ3n) is 13.7. The lowest BCUT2D eigenvalue weighted by Crippen LogP contribution is -2.56. The van der Waals surface area contributed by atoms with Crippen LogP contribution in [0.5, 0.6) is 0 Å². The van der Waals surface area contributed by atoms with Crippen LogP contribution in [0.3, 0.4) is 0 Å². The number of benzene rings is 1. The number of aromatic nitrogens is 1. The molecular formula is C37H51NO5. The summed E-state index contributed by atoms with van der Waals surface area (Å²) in [6, 6.07) is 4.30. The number of carbonyl (C=O) groups excluding carboxylic acids is 1. The van der Waals surface area contributed by atoms with E-state index in [2.05, 4.69) is 65.6 Å². The molecule has 6 heteroatoms. The average molecular weight is 590 g/mol. The van der Waals surface area contributed by atoms with E-state index < -0.39 is 11.2 Å². The van der Waals surface area contributed by atoms with E-state index in [9.17, 15) is 9.90 Å². The van der Waals surface area contributed by atoms with Crippen molar-refractivity contribution in [2.24, 2.45) is 35.0 Å². The molecule has 3 heterocycles. The molecule has 43 heavy (non-hydrogen) atoms. The summed E-state index contributed by atoms with van der Waals surface area (Å²) in [5.41, 5.74) is 5.43. The molecular weight excluding hydrogens is 538 g/mol. The van der Waals surface area contributed by atoms with Crippen LogP contribution in [0.4, 0.5) is 0 Å². The lowest BCUT2D eigenvalue weighted by molar-refractivity contribution is -0.227. The van der Waals surface area contributed by atoms with Gasteiger partial charge in [-0.25, -0.2) is 0 Å². The third kappa shape index (κ3) is 3.88. The minimum absolute atomic E-state index is 0.0303. The van der Waals surface area contributed by atoms with Crippen molar-refractivity contribution in [3.8, 4) is 0 Å². The fraction of sp³-hybridized carbons (Fsp3) is 0.757. The number of ketones is 1. The van der Waals surface area contributed by atoms with Crippen LogP contribution in [0.1, 0.15) is 120 Å². The van der Waals surface area contributed by atoms with Gasteiger partial charge in [0.05, 0.1) is 34.9 Å². The predicted molar refractivity (Wildman–Crippen MR) is 166 cm³/mol. The van der Waals surface area contributed by atoms with E-state index in [0.717, 1.165) is 31.2 Å². The first-order valence-corrected chi connectivity index (χ1v) is 17.1. The zero-order valence-corrected chi connectivity index (χ0v) is 27.2. The first kappa shape index (κ1) is 28.7. The molecule has 4 aliphatic carbocycles. The number of fused-ring (bicyclic) bond motifs is 12. The zero-order valence-electron chi connectivity index (χ0n) is 27.2. The second-order valence-corrected chi connectivity index (χ2v) is 16.9. The lowest BCUT2D eigenvalue weighted by atomic mass is 9.49. The number of rotatable bonds is 3. The van der Waals surface area contributed by atoms with Crippen molar-refractivity contribution >= 4 is 16.7 Å². The van der Waals surface area contributed by atoms with Crippen LogP contribution in [0.15, 0.2) is 12.1 Å². The van der Waals surface area contributed by atoms with E-state index in [1.54, 1.807) is 0 Å². The molecule has 5 unspecified atom stereocenters. The number of carbonyl (C=O) groups is 1. The minimum atomic E-state index is -0.473. The average Bonchev–Trinajstić information content (AvgIpc) is 3.53. The van der Waals surface area contributed by atoms with Crippen molar-refractivity contribution < 1.29 is 24.1 Å². The molecule has 0 amide bonds. The predicted octanol–water partition coefficient (Wildman–Crippen LogP) is 7.10. The Bertz CT molecular complexity index is 1490. The van der Waals surface area contributed by atoms with Crippen molar-refractivity contribution in [3.05, 3.63) is 34.5 Å². The maximum atomic E-state index is 14.1. The Hall–Kier alpha value is -1.73. The van der Waals surface area contributed by atoms with Gasteiger partial charge in [-0.2, -0.15) is 0 Å². The second-order valence-electron chi connectivity index (χ2n) is 16.9. The van der Waals surface area contributed by atoms with Crippen molar-refractivity contribution in [1.82, 2.24) is 4.98 Å². The highest BCUT2D eigenvalue weighted by Crippen LogP contribution is 2.66. The summed E-state index contributed by atoms with van der Waals surface area (Å²) in [5, 5.41) is 10.8. The summed E-state index contributed by atoms with van der Waals surface area (Å²) in [6.45, 7) is 15.0. The molecule has 9 atom stereocenters. The van der Waals surface area contributed by atoms with Gasteiger partial charge >= 0.3 is 0 Å². The molecule has 4 fully saturated rings. The highest BCUT2D eigenvalue weighted by molar-refractivity contribution is 6.06. The largest absolute Gasteiger partial charge is 0.372 e. The zero-order chi connectivity index (χ0) is 30.3. The Balaban J connectivity index is 1.14. The third-order valence-corrected chi connectivity index (χ3v) is 13.7. The van der Waals surface area contributed by atoms with Crippen LogP contribution in [-0.4, -0.2) is 51.7 Å². The summed E-state index contributed by atoms with van der Waals surface area (Å²) < 4.78 is 19.0. The SMILES string of the molecule is CC(C)(OCO)[C@@H]1CCC2C(CC[C@@]3(C)C2CCC2Cc4c([nH]c5ccc6c(c45)C[C@H]4[C@@H](C6=O)C(C)(C)OC4(C)C)C23)O1. The van der Waals surface area contributed by atoms with Crippen LogP contribution in [0.2, 0.25) is 0 Å². The molecule has 1 aromatic heterocycles. The molecule has 1 aromatic carbocycles. The van der Waals surface area contributed by atoms with Gasteiger partial charge in [0.25, 0.3) is 0 Å². The first-order valence-electron chi connectivity index (χ1n) is 17.1. The molecule has 0 spiro atoms. The highest BCUT2D eigenvalue weighted by atomic mass is 16.6. The molecule has 6 nitrogen and oxygen atoms in total. The second kappa shape index (κ2) is 9.18. The summed E-state index contributed by atoms with van der Waals surface area (Å²) in [4.78, 5) is 18.1. The summed E-state index contributed by atoms with van der Waals surface area (Å²) in [7, 11) is 0. The van der Waals surface area contributed by atoms with Crippen molar-refractivity contribution in [1.29, 1.82) is 0 Å². The Morgan fingerprint density at radius 2 is 1.74 bits per heavy atom. The van der Waals surface area contributed by atoms with E-state index >= 15 is 0 Å². The van der Waals surface area contributed by atoms with E-state index in [0.29, 0.717) is 23.7 Å². The summed E-state index contributed by atoms with van der Waals surface area (Å²) >= 11 is 0. The molecule has 0 radical (unpaired) electrons. The standard InChI is InChI=1S/C37H51NO5/c1-34(2)25-17-22-20(33(40)31(25)36(5,6)43-34)9-12-26-29(22)23-16-19-8-11-24-21-10-13-28(35(3,4)41-18-39)42-27(21)14-15-37(24,7)30(19)32(23)38-26/h9,12,19,21,24-25,27-28,30-31,38-39H,8,10-11,13-18H2,1-7H3/t19?,21?,24?,25-,27?,28-,30?,31-,37-/m0/s1. The molecule has 2 saturated heterocycles. The number of H-pyrrole nitrogens is 1. The van der Waals surface area contributed by atoms with Gasteiger partial charge in [0.2, 0.25) is 0 Å². The van der Waals surface area contributed by atoms with Gasteiger partial charge in [-0.05, 0) is 139 Å². The number of ether oxygens (including phenoxy) is 3. The smallest absolute Gasteiger partial charge is 0.169 e. The highest BCUT2D eigenvalue weighted by Gasteiger charge is 2.61. The van der Waals surface area contributed by atoms with E-state index in [-0.39, 0.29) is 47.6 Å². The summed E-state index contributed by atoms with van der Waals surface area (Å²) in [5.74, 6) is 2.84. The Kier molecular flexibility index (Phi) is 6.13. The molecule has 2 aliphatic heterocycles. The van der Waals surface area contributed by atoms with Crippen molar-refractivity contribution in [2.75, 3.05) is 6.79 Å². The monoisotopic (exact) mass is 589 g/mol. The number of aliphatic hydroxyl groups excluding tert-OH is 1. The molecule has 8 rings (SSSR count). The Morgan fingerprint density at radius 1 is 0.953 bits per heavy atom. The van der Waals surface area contributed by atoms with Crippen LogP contribution < -0.4 is 0 Å². The van der Waals surface area contributed by atoms with Gasteiger partial charge in [0.1, 0.15) is 6.79 Å². The van der Waals surface area contributed by atoms with Gasteiger partial charge in [-0.3, -0.25) is 4.79 Å². The van der Waals surface area contributed by atoms with Gasteiger partial charge in [-0.1, -0.05) is 6.92 Å². The molecule has 2 N–H and O–H groups in total.